The van der Waals surface area contributed by atoms with E-state index in [4.69, 9.17) is 9.97 Å². The molecule has 0 spiro atoms. The molecule has 0 unspecified atom stereocenters. The lowest BCUT2D eigenvalue weighted by Gasteiger charge is -2.11. The Morgan fingerprint density at radius 3 is 2.67 bits per heavy atom. The maximum Gasteiger partial charge on any atom is 0.166 e. The summed E-state index contributed by atoms with van der Waals surface area (Å²) in [6.07, 6.45) is 5.87. The Morgan fingerprint density at radius 1 is 1.13 bits per heavy atom. The minimum atomic E-state index is 0.210. The number of hydrogen-bond donors (Lipinski definition) is 1. The number of nitrogens with zero attached hydrogens (tertiary/aromatic N) is 6. The number of benzene rings is 1. The van der Waals surface area contributed by atoms with Gasteiger partial charge in [-0.25, -0.2) is 15.0 Å². The van der Waals surface area contributed by atoms with Crippen molar-refractivity contribution in [3.63, 3.8) is 0 Å². The van der Waals surface area contributed by atoms with E-state index in [1.54, 1.807) is 18.6 Å². The van der Waals surface area contributed by atoms with E-state index in [1.807, 2.05) is 4.57 Å². The number of aromatic nitrogens is 5. The van der Waals surface area contributed by atoms with Gasteiger partial charge in [0.2, 0.25) is 0 Å². The van der Waals surface area contributed by atoms with Gasteiger partial charge in [-0.15, -0.1) is 0 Å². The number of hydrogen-bond acceptors (Lipinski definition) is 6. The van der Waals surface area contributed by atoms with Crippen molar-refractivity contribution in [3.8, 4) is 17.5 Å². The second-order valence-corrected chi connectivity index (χ2v) is 7.55. The summed E-state index contributed by atoms with van der Waals surface area (Å²) < 4.78 is 2.02. The van der Waals surface area contributed by atoms with Crippen LogP contribution in [0.2, 0.25) is 0 Å². The van der Waals surface area contributed by atoms with Crippen molar-refractivity contribution in [2.75, 3.05) is 11.9 Å². The lowest BCUT2D eigenvalue weighted by molar-refractivity contribution is 0.613. The fraction of sp³-hybridized carbons (Fsp3) is 0.261. The summed E-state index contributed by atoms with van der Waals surface area (Å²) in [5.74, 6) is 1.20. The van der Waals surface area contributed by atoms with Gasteiger partial charge in [0.05, 0.1) is 11.9 Å². The second kappa shape index (κ2) is 8.29. The van der Waals surface area contributed by atoms with Crippen molar-refractivity contribution in [3.05, 3.63) is 65.7 Å². The molecule has 0 aliphatic heterocycles. The van der Waals surface area contributed by atoms with Crippen LogP contribution in [0.5, 0.6) is 0 Å². The molecule has 0 fully saturated rings. The lowest BCUT2D eigenvalue weighted by atomic mass is 10.1. The summed E-state index contributed by atoms with van der Waals surface area (Å²) in [4.78, 5) is 18.2. The molecule has 0 amide bonds. The zero-order chi connectivity index (χ0) is 21.1. The van der Waals surface area contributed by atoms with Gasteiger partial charge in [-0.1, -0.05) is 29.8 Å². The van der Waals surface area contributed by atoms with E-state index in [9.17, 15) is 5.26 Å². The van der Waals surface area contributed by atoms with Crippen molar-refractivity contribution in [2.24, 2.45) is 0 Å². The first-order chi connectivity index (χ1) is 14.5. The van der Waals surface area contributed by atoms with E-state index in [0.717, 1.165) is 24.1 Å². The van der Waals surface area contributed by atoms with Crippen molar-refractivity contribution in [2.45, 2.75) is 33.2 Å². The summed E-state index contributed by atoms with van der Waals surface area (Å²) in [6.45, 7) is 6.98. The molecule has 1 aromatic carbocycles. The maximum absolute atomic E-state index is 9.20. The van der Waals surface area contributed by atoms with Gasteiger partial charge in [0.25, 0.3) is 0 Å². The Labute approximate surface area is 175 Å². The van der Waals surface area contributed by atoms with Gasteiger partial charge >= 0.3 is 0 Å². The van der Waals surface area contributed by atoms with E-state index < -0.39 is 0 Å². The van der Waals surface area contributed by atoms with Gasteiger partial charge in [-0.05, 0) is 38.8 Å². The van der Waals surface area contributed by atoms with Gasteiger partial charge in [-0.2, -0.15) is 5.26 Å². The summed E-state index contributed by atoms with van der Waals surface area (Å²) in [5.41, 5.74) is 5.19. The third kappa shape index (κ3) is 3.98. The molecule has 150 valence electrons. The Kier molecular flexibility index (Phi) is 5.40. The monoisotopic (exact) mass is 397 g/mol. The van der Waals surface area contributed by atoms with E-state index >= 15 is 0 Å². The minimum Gasteiger partial charge on any atom is -0.368 e. The van der Waals surface area contributed by atoms with E-state index in [1.165, 1.54) is 17.3 Å². The molecule has 4 aromatic rings. The number of pyridine rings is 1. The zero-order valence-electron chi connectivity index (χ0n) is 17.3. The Bertz CT molecular complexity index is 1220. The van der Waals surface area contributed by atoms with Crippen LogP contribution in [0, 0.1) is 18.3 Å². The molecule has 0 saturated heterocycles. The van der Waals surface area contributed by atoms with Crippen LogP contribution >= 0.6 is 0 Å². The minimum absolute atomic E-state index is 0.210. The highest BCUT2D eigenvalue weighted by Gasteiger charge is 2.16. The number of rotatable bonds is 6. The first kappa shape index (κ1) is 19.5. The highest BCUT2D eigenvalue weighted by molar-refractivity contribution is 5.85. The molecule has 0 aliphatic carbocycles. The third-order valence-electron chi connectivity index (χ3n) is 4.93. The average Bonchev–Trinajstić information content (AvgIpc) is 3.20. The topological polar surface area (TPSA) is 92.3 Å². The number of imidazole rings is 1. The fourth-order valence-electron chi connectivity index (χ4n) is 3.25. The highest BCUT2D eigenvalue weighted by Crippen LogP contribution is 2.26. The summed E-state index contributed by atoms with van der Waals surface area (Å²) in [7, 11) is 0. The van der Waals surface area contributed by atoms with E-state index in [2.05, 4.69) is 66.4 Å². The largest absolute Gasteiger partial charge is 0.368 e. The number of aryl methyl sites for hydroxylation is 1. The quantitative estimate of drug-likeness (QED) is 0.521. The molecule has 30 heavy (non-hydrogen) atoms. The summed E-state index contributed by atoms with van der Waals surface area (Å²) >= 11 is 0. The zero-order valence-corrected chi connectivity index (χ0v) is 17.3. The molecular formula is C23H23N7. The van der Waals surface area contributed by atoms with Crippen LogP contribution in [-0.2, 0) is 6.42 Å². The Hall–Kier alpha value is -3.79. The smallest absolute Gasteiger partial charge is 0.166 e. The molecule has 0 bridgehead atoms. The maximum atomic E-state index is 9.20. The Morgan fingerprint density at radius 2 is 1.93 bits per heavy atom. The van der Waals surface area contributed by atoms with Crippen LogP contribution < -0.4 is 5.32 Å². The van der Waals surface area contributed by atoms with Gasteiger partial charge < -0.3 is 9.88 Å². The number of fused-ring (bicyclic) bond motifs is 1. The number of nitrogens with one attached hydrogen (secondary N) is 1. The summed E-state index contributed by atoms with van der Waals surface area (Å²) in [5, 5.41) is 12.6. The first-order valence-electron chi connectivity index (χ1n) is 9.94. The molecule has 7 heteroatoms. The van der Waals surface area contributed by atoms with Gasteiger partial charge in [0.1, 0.15) is 11.6 Å². The fourth-order valence-corrected chi connectivity index (χ4v) is 3.25. The third-order valence-corrected chi connectivity index (χ3v) is 4.93. The lowest BCUT2D eigenvalue weighted by Crippen LogP contribution is -2.09. The van der Waals surface area contributed by atoms with Crippen LogP contribution in [0.15, 0.2) is 49.1 Å². The Balaban J connectivity index is 1.70. The molecule has 0 aliphatic rings. The molecule has 0 atom stereocenters. The SMILES string of the molecule is Cc1ccc(CCNc2nc(-c3cncc(C#N)c3)nc3c2ncn3C(C)C)cc1. The molecule has 3 aromatic heterocycles. The summed E-state index contributed by atoms with van der Waals surface area (Å²) in [6, 6.07) is 12.6. The highest BCUT2D eigenvalue weighted by atomic mass is 15.2. The van der Waals surface area contributed by atoms with Gasteiger partial charge in [0, 0.05) is 30.5 Å². The molecule has 0 saturated carbocycles. The number of anilines is 1. The van der Waals surface area contributed by atoms with Crippen LogP contribution in [0.3, 0.4) is 0 Å². The van der Waals surface area contributed by atoms with Crippen molar-refractivity contribution in [1.82, 2.24) is 24.5 Å². The van der Waals surface area contributed by atoms with Crippen LogP contribution in [0.1, 0.15) is 36.6 Å². The van der Waals surface area contributed by atoms with Crippen molar-refractivity contribution in [1.29, 1.82) is 5.26 Å². The molecule has 0 radical (unpaired) electrons. The van der Waals surface area contributed by atoms with Crippen molar-refractivity contribution < 1.29 is 0 Å². The van der Waals surface area contributed by atoms with Crippen molar-refractivity contribution >= 4 is 17.0 Å². The van der Waals surface area contributed by atoms with Gasteiger partial charge in [0.15, 0.2) is 17.3 Å². The molecule has 3 heterocycles. The number of nitriles is 1. The van der Waals surface area contributed by atoms with E-state index in [0.29, 0.717) is 22.8 Å². The van der Waals surface area contributed by atoms with Gasteiger partial charge in [-0.3, -0.25) is 4.98 Å². The standard InChI is InChI=1S/C23H23N7/c1-15(2)30-14-27-20-22(26-9-8-17-6-4-16(3)5-7-17)28-21(29-23(20)30)19-10-18(11-24)12-25-13-19/h4-7,10,12-15H,8-9H2,1-3H3,(H,26,28,29). The normalized spacial score (nSPS) is 11.0. The predicted octanol–water partition coefficient (Wildman–Crippen LogP) is 4.30. The second-order valence-electron chi connectivity index (χ2n) is 7.55. The van der Waals surface area contributed by atoms with E-state index in [-0.39, 0.29) is 6.04 Å². The molecule has 7 nitrogen and oxygen atoms in total. The van der Waals surface area contributed by atoms with Crippen LogP contribution in [0.25, 0.3) is 22.6 Å². The molecule has 4 rings (SSSR count). The van der Waals surface area contributed by atoms with Crippen LogP contribution in [0.4, 0.5) is 5.82 Å². The molecule has 1 N–H and O–H groups in total. The van der Waals surface area contributed by atoms with Crippen LogP contribution in [-0.4, -0.2) is 31.0 Å². The molecular weight excluding hydrogens is 374 g/mol. The first-order valence-corrected chi connectivity index (χ1v) is 9.94. The average molecular weight is 397 g/mol. The predicted molar refractivity (Wildman–Crippen MR) is 117 cm³/mol.